The number of rotatable bonds is 6. The van der Waals surface area contributed by atoms with Gasteiger partial charge in [0.2, 0.25) is 5.91 Å². The Hall–Kier alpha value is -1.06. The molecule has 1 rings (SSSR count). The maximum Gasteiger partial charge on any atom is 0.227 e. The summed E-state index contributed by atoms with van der Waals surface area (Å²) in [6.45, 7) is 8.68. The van der Waals surface area contributed by atoms with Gasteiger partial charge >= 0.3 is 0 Å². The number of carbonyl (C=O) groups excluding carboxylic acids is 1. The van der Waals surface area contributed by atoms with E-state index in [4.69, 9.17) is 5.73 Å². The molecule has 2 unspecified atom stereocenters. The van der Waals surface area contributed by atoms with Gasteiger partial charge in [0, 0.05) is 12.1 Å². The van der Waals surface area contributed by atoms with Crippen LogP contribution >= 0.6 is 12.4 Å². The zero-order valence-electron chi connectivity index (χ0n) is 12.8. The first-order chi connectivity index (χ1) is 8.88. The summed E-state index contributed by atoms with van der Waals surface area (Å²) in [6.07, 6.45) is 0.886. The number of nitrogens with one attached hydrogen (secondary N) is 1. The molecule has 0 spiro atoms. The third-order valence-electron chi connectivity index (χ3n) is 3.43. The fraction of sp³-hybridized carbons (Fsp3) is 0.562. The minimum atomic E-state index is -0.325. The molecular formula is C16H27ClN2O. The fourth-order valence-corrected chi connectivity index (χ4v) is 2.39. The average molecular weight is 299 g/mol. The molecule has 0 aromatic heterocycles. The average Bonchev–Trinajstić information content (AvgIpc) is 2.37. The van der Waals surface area contributed by atoms with Gasteiger partial charge < -0.3 is 11.1 Å². The summed E-state index contributed by atoms with van der Waals surface area (Å²) in [7, 11) is 0. The Morgan fingerprint density at radius 3 is 2.25 bits per heavy atom. The Kier molecular flexibility index (Phi) is 7.84. The molecule has 0 saturated heterocycles. The highest BCUT2D eigenvalue weighted by Gasteiger charge is 2.28. The second-order valence-electron chi connectivity index (χ2n) is 5.98. The van der Waals surface area contributed by atoms with Crippen molar-refractivity contribution in [3.05, 3.63) is 35.9 Å². The molecule has 0 heterocycles. The van der Waals surface area contributed by atoms with E-state index in [0.717, 1.165) is 12.0 Å². The lowest BCUT2D eigenvalue weighted by Gasteiger charge is -2.32. The molecule has 1 amide bonds. The van der Waals surface area contributed by atoms with Gasteiger partial charge in [-0.15, -0.1) is 12.4 Å². The Morgan fingerprint density at radius 1 is 1.25 bits per heavy atom. The van der Waals surface area contributed by atoms with E-state index >= 15 is 0 Å². The quantitative estimate of drug-likeness (QED) is 0.848. The molecule has 0 aliphatic heterocycles. The van der Waals surface area contributed by atoms with Crippen molar-refractivity contribution in [2.24, 2.45) is 11.7 Å². The van der Waals surface area contributed by atoms with Crippen LogP contribution in [0.4, 0.5) is 0 Å². The largest absolute Gasteiger partial charge is 0.349 e. The van der Waals surface area contributed by atoms with E-state index < -0.39 is 0 Å². The number of nitrogens with two attached hydrogens (primary N) is 1. The molecule has 20 heavy (non-hydrogen) atoms. The van der Waals surface area contributed by atoms with E-state index in [1.165, 1.54) is 0 Å². The maximum atomic E-state index is 12.3. The van der Waals surface area contributed by atoms with Gasteiger partial charge in [0.15, 0.2) is 0 Å². The minimum absolute atomic E-state index is 0. The van der Waals surface area contributed by atoms with E-state index in [0.29, 0.717) is 12.5 Å². The molecule has 1 aromatic carbocycles. The van der Waals surface area contributed by atoms with Crippen LogP contribution in [0.1, 0.15) is 45.6 Å². The van der Waals surface area contributed by atoms with Crippen LogP contribution < -0.4 is 11.1 Å². The summed E-state index contributed by atoms with van der Waals surface area (Å²) in [6, 6.07) is 9.82. The van der Waals surface area contributed by atoms with Gasteiger partial charge in [0.25, 0.3) is 0 Å². The second-order valence-corrected chi connectivity index (χ2v) is 5.98. The first-order valence-corrected chi connectivity index (χ1v) is 6.95. The second kappa shape index (κ2) is 8.28. The highest BCUT2D eigenvalue weighted by molar-refractivity contribution is 5.85. The fourth-order valence-electron chi connectivity index (χ4n) is 2.39. The third-order valence-corrected chi connectivity index (χ3v) is 3.43. The molecular weight excluding hydrogens is 272 g/mol. The van der Waals surface area contributed by atoms with E-state index in [1.807, 2.05) is 44.2 Å². The summed E-state index contributed by atoms with van der Waals surface area (Å²) in [5.74, 6) is 0.389. The predicted molar refractivity (Wildman–Crippen MR) is 87.2 cm³/mol. The lowest BCUT2D eigenvalue weighted by molar-refractivity contribution is -0.124. The molecule has 3 N–H and O–H groups in total. The lowest BCUT2D eigenvalue weighted by Crippen LogP contribution is -2.53. The molecule has 114 valence electrons. The Balaban J connectivity index is 0.00000361. The Morgan fingerprint density at radius 2 is 1.80 bits per heavy atom. The first-order valence-electron chi connectivity index (χ1n) is 6.95. The number of hydrogen-bond donors (Lipinski definition) is 2. The summed E-state index contributed by atoms with van der Waals surface area (Å²) in [5.41, 5.74) is 6.53. The summed E-state index contributed by atoms with van der Waals surface area (Å²) < 4.78 is 0. The van der Waals surface area contributed by atoms with Crippen molar-refractivity contribution in [1.82, 2.24) is 5.32 Å². The van der Waals surface area contributed by atoms with Gasteiger partial charge in [-0.05, 0) is 31.7 Å². The Labute approximate surface area is 128 Å². The number of carbonyl (C=O) groups is 1. The standard InChI is InChI=1S/C16H26N2O.ClH/c1-12(2)10-16(4,11-17)18-15(19)13(3)14-8-6-5-7-9-14;/h5-9,12-13H,10-11,17H2,1-4H3,(H,18,19);1H. The van der Waals surface area contributed by atoms with Gasteiger partial charge in [-0.2, -0.15) is 0 Å². The van der Waals surface area contributed by atoms with Crippen LogP contribution in [0, 0.1) is 5.92 Å². The van der Waals surface area contributed by atoms with Gasteiger partial charge in [0.05, 0.1) is 5.92 Å². The summed E-state index contributed by atoms with van der Waals surface area (Å²) >= 11 is 0. The van der Waals surface area contributed by atoms with E-state index in [9.17, 15) is 4.79 Å². The third kappa shape index (κ3) is 5.51. The Bertz CT molecular complexity index is 408. The van der Waals surface area contributed by atoms with E-state index in [1.54, 1.807) is 0 Å². The van der Waals surface area contributed by atoms with Gasteiger partial charge in [-0.1, -0.05) is 44.2 Å². The van der Waals surface area contributed by atoms with Gasteiger partial charge in [-0.25, -0.2) is 0 Å². The molecule has 0 radical (unpaired) electrons. The number of hydrogen-bond acceptors (Lipinski definition) is 2. The van der Waals surface area contributed by atoms with E-state index in [2.05, 4.69) is 19.2 Å². The van der Waals surface area contributed by atoms with Crippen LogP contribution in [0.3, 0.4) is 0 Å². The molecule has 4 heteroatoms. The van der Waals surface area contributed by atoms with Gasteiger partial charge in [-0.3, -0.25) is 4.79 Å². The van der Waals surface area contributed by atoms with Crippen molar-refractivity contribution in [2.45, 2.75) is 45.6 Å². The molecule has 3 nitrogen and oxygen atoms in total. The summed E-state index contributed by atoms with van der Waals surface area (Å²) in [4.78, 5) is 12.3. The normalized spacial score (nSPS) is 15.1. The molecule has 0 fully saturated rings. The molecule has 0 aliphatic rings. The van der Waals surface area contributed by atoms with Crippen LogP contribution in [0.25, 0.3) is 0 Å². The highest BCUT2D eigenvalue weighted by Crippen LogP contribution is 2.19. The topological polar surface area (TPSA) is 55.1 Å². The molecule has 0 aliphatic carbocycles. The van der Waals surface area contributed by atoms with Crippen LogP contribution in [0.15, 0.2) is 30.3 Å². The predicted octanol–water partition coefficient (Wildman–Crippen LogP) is 3.09. The zero-order valence-corrected chi connectivity index (χ0v) is 13.7. The van der Waals surface area contributed by atoms with Crippen LogP contribution in [0.2, 0.25) is 0 Å². The molecule has 0 saturated carbocycles. The molecule has 1 aromatic rings. The SMILES string of the molecule is CC(C)CC(C)(CN)NC(=O)C(C)c1ccccc1.Cl. The monoisotopic (exact) mass is 298 g/mol. The zero-order chi connectivity index (χ0) is 14.5. The minimum Gasteiger partial charge on any atom is -0.349 e. The molecule has 0 bridgehead atoms. The van der Waals surface area contributed by atoms with Crippen molar-refractivity contribution in [3.8, 4) is 0 Å². The van der Waals surface area contributed by atoms with E-state index in [-0.39, 0.29) is 29.8 Å². The number of amides is 1. The highest BCUT2D eigenvalue weighted by atomic mass is 35.5. The van der Waals surface area contributed by atoms with Crippen molar-refractivity contribution in [2.75, 3.05) is 6.54 Å². The van der Waals surface area contributed by atoms with Crippen molar-refractivity contribution < 1.29 is 4.79 Å². The van der Waals surface area contributed by atoms with Crippen molar-refractivity contribution in [1.29, 1.82) is 0 Å². The number of benzene rings is 1. The van der Waals surface area contributed by atoms with Crippen molar-refractivity contribution >= 4 is 18.3 Å². The van der Waals surface area contributed by atoms with Gasteiger partial charge in [0.1, 0.15) is 0 Å². The van der Waals surface area contributed by atoms with Crippen molar-refractivity contribution in [3.63, 3.8) is 0 Å². The first kappa shape index (κ1) is 18.9. The van der Waals surface area contributed by atoms with Crippen LogP contribution in [-0.4, -0.2) is 18.0 Å². The maximum absolute atomic E-state index is 12.3. The number of halogens is 1. The smallest absolute Gasteiger partial charge is 0.227 e. The summed E-state index contributed by atoms with van der Waals surface area (Å²) in [5, 5.41) is 3.11. The van der Waals surface area contributed by atoms with Crippen LogP contribution in [-0.2, 0) is 4.79 Å². The lowest BCUT2D eigenvalue weighted by atomic mass is 9.89. The van der Waals surface area contributed by atoms with Crippen LogP contribution in [0.5, 0.6) is 0 Å². The molecule has 2 atom stereocenters.